The van der Waals surface area contributed by atoms with Gasteiger partial charge in [0.15, 0.2) is 0 Å². The van der Waals surface area contributed by atoms with E-state index in [1.165, 1.54) is 37.7 Å². The first-order valence-corrected chi connectivity index (χ1v) is 16.3. The van der Waals surface area contributed by atoms with Crippen molar-refractivity contribution in [2.75, 3.05) is 0 Å². The van der Waals surface area contributed by atoms with E-state index in [4.69, 9.17) is 0 Å². The maximum absolute atomic E-state index is 3.89. The molecular formula is C35H61N. The number of hydrogen-bond acceptors (Lipinski definition) is 1. The molecule has 0 radical (unpaired) electrons. The van der Waals surface area contributed by atoms with E-state index in [-0.39, 0.29) is 0 Å². The Labute approximate surface area is 226 Å². The van der Waals surface area contributed by atoms with Crippen LogP contribution < -0.4 is 0 Å². The standard InChI is InChI=1S/C26H46.C7H9N.C2H6/c1-18(2)8-7-9-19(3)21-13-14-23-22(21)15-16-25-24(23)12-11-20-10-5-6-17-26(20,25)4;1-2-7-3-5-8-6-4-7;1-2/h18-25H,5-17H2,1-4H3;3-6H,2H2,1H3;1-2H3. The van der Waals surface area contributed by atoms with Gasteiger partial charge >= 0.3 is 0 Å². The molecule has 4 saturated carbocycles. The number of pyridine rings is 1. The third-order valence-electron chi connectivity index (χ3n) is 11.3. The molecule has 0 aliphatic heterocycles. The van der Waals surface area contributed by atoms with Gasteiger partial charge < -0.3 is 0 Å². The topological polar surface area (TPSA) is 12.9 Å². The summed E-state index contributed by atoms with van der Waals surface area (Å²) in [7, 11) is 0. The van der Waals surface area contributed by atoms with E-state index >= 15 is 0 Å². The minimum absolute atomic E-state index is 0.729. The van der Waals surface area contributed by atoms with E-state index < -0.39 is 0 Å². The molecule has 0 bridgehead atoms. The highest BCUT2D eigenvalue weighted by Gasteiger charge is 2.55. The molecule has 8 unspecified atom stereocenters. The third-order valence-corrected chi connectivity index (χ3v) is 11.3. The Balaban J connectivity index is 0.000000305. The van der Waals surface area contributed by atoms with E-state index in [1.807, 2.05) is 38.4 Å². The Kier molecular flexibility index (Phi) is 11.8. The van der Waals surface area contributed by atoms with Crippen molar-refractivity contribution in [2.24, 2.45) is 52.8 Å². The summed E-state index contributed by atoms with van der Waals surface area (Å²) in [5.41, 5.74) is 2.08. The van der Waals surface area contributed by atoms with Gasteiger partial charge in [0.2, 0.25) is 0 Å². The number of nitrogens with zero attached hydrogens (tertiary/aromatic N) is 1. The van der Waals surface area contributed by atoms with Gasteiger partial charge in [-0.05, 0) is 128 Å². The van der Waals surface area contributed by atoms with Crippen LogP contribution in [0.3, 0.4) is 0 Å². The van der Waals surface area contributed by atoms with E-state index in [0.717, 1.165) is 59.2 Å². The minimum atomic E-state index is 0.729. The molecule has 5 rings (SSSR count). The molecule has 1 aromatic heterocycles. The lowest BCUT2D eigenvalue weighted by Crippen LogP contribution is -2.50. The molecule has 0 saturated heterocycles. The summed E-state index contributed by atoms with van der Waals surface area (Å²) >= 11 is 0. The van der Waals surface area contributed by atoms with Crippen molar-refractivity contribution in [1.29, 1.82) is 0 Å². The van der Waals surface area contributed by atoms with Crippen LogP contribution in [0.1, 0.15) is 138 Å². The smallest absolute Gasteiger partial charge is 0.0270 e. The Morgan fingerprint density at radius 3 is 2.19 bits per heavy atom. The van der Waals surface area contributed by atoms with Crippen molar-refractivity contribution in [3.63, 3.8) is 0 Å². The molecule has 8 atom stereocenters. The lowest BCUT2D eigenvalue weighted by molar-refractivity contribution is -0.0886. The van der Waals surface area contributed by atoms with Crippen molar-refractivity contribution in [3.05, 3.63) is 30.1 Å². The summed E-state index contributed by atoms with van der Waals surface area (Å²) in [6, 6.07) is 4.06. The second kappa shape index (κ2) is 14.3. The van der Waals surface area contributed by atoms with Crippen LogP contribution in [0.4, 0.5) is 0 Å². The maximum atomic E-state index is 3.89. The summed E-state index contributed by atoms with van der Waals surface area (Å²) in [5, 5.41) is 0. The SMILES string of the molecule is CC.CC(C)CCCC(C)C1CCC2C1CCC1C2CCC2CCCCC21C.CCc1ccncc1. The van der Waals surface area contributed by atoms with E-state index in [2.05, 4.69) is 39.6 Å². The molecule has 0 N–H and O–H groups in total. The molecule has 0 spiro atoms. The first-order chi connectivity index (χ1) is 17.4. The summed E-state index contributed by atoms with van der Waals surface area (Å²) in [6.45, 7) is 16.3. The predicted molar refractivity (Wildman–Crippen MR) is 158 cm³/mol. The van der Waals surface area contributed by atoms with Crippen LogP contribution in [-0.2, 0) is 6.42 Å². The molecule has 0 aromatic carbocycles. The van der Waals surface area contributed by atoms with Gasteiger partial charge in [0, 0.05) is 12.4 Å². The predicted octanol–water partition coefficient (Wildman–Crippen LogP) is 10.8. The van der Waals surface area contributed by atoms with Gasteiger partial charge in [0.25, 0.3) is 0 Å². The summed E-state index contributed by atoms with van der Waals surface area (Å²) < 4.78 is 0. The first kappa shape index (κ1) is 29.7. The van der Waals surface area contributed by atoms with Crippen LogP contribution in [0.5, 0.6) is 0 Å². The summed E-state index contributed by atoms with van der Waals surface area (Å²) in [4.78, 5) is 3.89. The van der Waals surface area contributed by atoms with Crippen LogP contribution in [0.15, 0.2) is 24.5 Å². The normalized spacial score (nSPS) is 35.8. The molecule has 1 heterocycles. The monoisotopic (exact) mass is 495 g/mol. The van der Waals surface area contributed by atoms with E-state index in [9.17, 15) is 0 Å². The van der Waals surface area contributed by atoms with Gasteiger partial charge in [0.05, 0.1) is 0 Å². The average Bonchev–Trinajstić information content (AvgIpc) is 3.35. The van der Waals surface area contributed by atoms with Crippen molar-refractivity contribution in [2.45, 2.75) is 138 Å². The van der Waals surface area contributed by atoms with Crippen molar-refractivity contribution < 1.29 is 0 Å². The van der Waals surface area contributed by atoms with Crippen LogP contribution in [0.25, 0.3) is 0 Å². The quantitative estimate of drug-likeness (QED) is 0.382. The number of aromatic nitrogens is 1. The fourth-order valence-corrected chi connectivity index (χ4v) is 9.38. The Morgan fingerprint density at radius 2 is 1.53 bits per heavy atom. The van der Waals surface area contributed by atoms with Crippen LogP contribution >= 0.6 is 0 Å². The zero-order valence-electron chi connectivity index (χ0n) is 25.3. The Bertz CT molecular complexity index is 725. The zero-order chi connectivity index (χ0) is 26.1. The second-order valence-corrected chi connectivity index (χ2v) is 13.5. The summed E-state index contributed by atoms with van der Waals surface area (Å²) in [5.74, 6) is 8.47. The number of rotatable bonds is 6. The Morgan fingerprint density at radius 1 is 0.833 bits per heavy atom. The van der Waals surface area contributed by atoms with Crippen LogP contribution in [0, 0.1) is 52.8 Å². The molecule has 206 valence electrons. The highest BCUT2D eigenvalue weighted by molar-refractivity contribution is 5.08. The third kappa shape index (κ3) is 6.96. The average molecular weight is 496 g/mol. The summed E-state index contributed by atoms with van der Waals surface area (Å²) in [6.07, 6.45) is 24.8. The van der Waals surface area contributed by atoms with Gasteiger partial charge in [-0.15, -0.1) is 0 Å². The fraction of sp³-hybridized carbons (Fsp3) is 0.857. The van der Waals surface area contributed by atoms with Crippen molar-refractivity contribution >= 4 is 0 Å². The highest BCUT2D eigenvalue weighted by atomic mass is 14.6. The lowest BCUT2D eigenvalue weighted by Gasteiger charge is -2.58. The van der Waals surface area contributed by atoms with Gasteiger partial charge in [0.1, 0.15) is 0 Å². The second-order valence-electron chi connectivity index (χ2n) is 13.5. The van der Waals surface area contributed by atoms with Crippen LogP contribution in [0.2, 0.25) is 0 Å². The molecule has 1 aromatic rings. The molecular weight excluding hydrogens is 434 g/mol. The van der Waals surface area contributed by atoms with Gasteiger partial charge in [-0.3, -0.25) is 4.98 Å². The number of hydrogen-bond donors (Lipinski definition) is 0. The van der Waals surface area contributed by atoms with E-state index in [1.54, 1.807) is 51.4 Å². The molecule has 0 amide bonds. The van der Waals surface area contributed by atoms with E-state index in [0.29, 0.717) is 0 Å². The fourth-order valence-electron chi connectivity index (χ4n) is 9.38. The van der Waals surface area contributed by atoms with Gasteiger partial charge in [-0.1, -0.05) is 80.6 Å². The molecule has 36 heavy (non-hydrogen) atoms. The molecule has 4 aliphatic carbocycles. The van der Waals surface area contributed by atoms with Gasteiger partial charge in [-0.2, -0.15) is 0 Å². The molecule has 1 nitrogen and oxygen atoms in total. The zero-order valence-corrected chi connectivity index (χ0v) is 25.3. The molecule has 4 aliphatic rings. The van der Waals surface area contributed by atoms with Gasteiger partial charge in [-0.25, -0.2) is 0 Å². The largest absolute Gasteiger partial charge is 0.265 e. The van der Waals surface area contributed by atoms with Crippen LogP contribution in [-0.4, -0.2) is 4.98 Å². The van der Waals surface area contributed by atoms with Crippen molar-refractivity contribution in [3.8, 4) is 0 Å². The first-order valence-electron chi connectivity index (χ1n) is 16.3. The lowest BCUT2D eigenvalue weighted by atomic mass is 9.47. The molecule has 1 heteroatoms. The van der Waals surface area contributed by atoms with Crippen molar-refractivity contribution in [1.82, 2.24) is 4.98 Å². The molecule has 4 fully saturated rings. The minimum Gasteiger partial charge on any atom is -0.265 e. The Hall–Kier alpha value is -0.850. The maximum Gasteiger partial charge on any atom is 0.0270 e. The highest BCUT2D eigenvalue weighted by Crippen LogP contribution is 2.64. The number of aryl methyl sites for hydroxylation is 1. The number of fused-ring (bicyclic) bond motifs is 5.